The number of rotatable bonds is 5. The molecule has 1 aromatic rings. The Hall–Kier alpha value is -1.31. The first-order valence-electron chi connectivity index (χ1n) is 6.67. The van der Waals surface area contributed by atoms with E-state index in [-0.39, 0.29) is 5.91 Å². The van der Waals surface area contributed by atoms with E-state index in [4.69, 9.17) is 0 Å². The van der Waals surface area contributed by atoms with Crippen molar-refractivity contribution in [2.45, 2.75) is 51.6 Å². The summed E-state index contributed by atoms with van der Waals surface area (Å²) >= 11 is 0. The van der Waals surface area contributed by atoms with E-state index >= 15 is 0 Å². The van der Waals surface area contributed by atoms with Gasteiger partial charge < -0.3 is 4.90 Å². The standard InChI is InChI=1S/C15H21NO/c1-3-8-13-14(9-4-2)16(13)15(17)12-10-6-5-7-11-12/h5-7,10-11,13-14H,3-4,8-9H2,1-2H3/t13-,14-/m1/s1. The van der Waals surface area contributed by atoms with E-state index in [1.54, 1.807) is 0 Å². The fourth-order valence-corrected chi connectivity index (χ4v) is 2.62. The molecule has 1 aliphatic heterocycles. The first-order valence-corrected chi connectivity index (χ1v) is 6.67. The number of carbonyl (C=O) groups excluding carboxylic acids is 1. The number of hydrogen-bond acceptors (Lipinski definition) is 1. The summed E-state index contributed by atoms with van der Waals surface area (Å²) in [6.45, 7) is 4.37. The molecule has 0 N–H and O–H groups in total. The fraction of sp³-hybridized carbons (Fsp3) is 0.533. The third-order valence-electron chi connectivity index (χ3n) is 3.49. The van der Waals surface area contributed by atoms with E-state index in [9.17, 15) is 4.79 Å². The van der Waals surface area contributed by atoms with E-state index < -0.39 is 0 Å². The minimum absolute atomic E-state index is 0.211. The molecule has 0 radical (unpaired) electrons. The molecular formula is C15H21NO. The van der Waals surface area contributed by atoms with Crippen molar-refractivity contribution < 1.29 is 4.79 Å². The topological polar surface area (TPSA) is 20.1 Å². The lowest BCUT2D eigenvalue weighted by Crippen LogP contribution is -2.15. The molecule has 92 valence electrons. The fourth-order valence-electron chi connectivity index (χ4n) is 2.62. The maximum absolute atomic E-state index is 12.3. The molecule has 0 aromatic heterocycles. The lowest BCUT2D eigenvalue weighted by molar-refractivity contribution is 0.0862. The molecule has 2 nitrogen and oxygen atoms in total. The Kier molecular flexibility index (Phi) is 3.82. The van der Waals surface area contributed by atoms with E-state index in [2.05, 4.69) is 18.7 Å². The van der Waals surface area contributed by atoms with Crippen LogP contribution in [0.5, 0.6) is 0 Å². The maximum atomic E-state index is 12.3. The van der Waals surface area contributed by atoms with Gasteiger partial charge in [-0.05, 0) is 25.0 Å². The Morgan fingerprint density at radius 3 is 2.06 bits per heavy atom. The predicted octanol–water partition coefficient (Wildman–Crippen LogP) is 3.48. The van der Waals surface area contributed by atoms with Crippen LogP contribution in [-0.4, -0.2) is 22.9 Å². The summed E-state index contributed by atoms with van der Waals surface area (Å²) in [6, 6.07) is 10.6. The molecule has 0 spiro atoms. The average molecular weight is 231 g/mol. The van der Waals surface area contributed by atoms with Crippen molar-refractivity contribution in [3.63, 3.8) is 0 Å². The van der Waals surface area contributed by atoms with Gasteiger partial charge in [0.25, 0.3) is 5.91 Å². The quantitative estimate of drug-likeness (QED) is 0.710. The molecule has 1 aliphatic rings. The van der Waals surface area contributed by atoms with Gasteiger partial charge in [0, 0.05) is 5.56 Å². The van der Waals surface area contributed by atoms with E-state index in [1.807, 2.05) is 30.3 Å². The van der Waals surface area contributed by atoms with Crippen molar-refractivity contribution in [3.8, 4) is 0 Å². The molecule has 1 heterocycles. The van der Waals surface area contributed by atoms with Crippen LogP contribution in [0, 0.1) is 0 Å². The Labute approximate surface area is 104 Å². The molecule has 1 amide bonds. The monoisotopic (exact) mass is 231 g/mol. The van der Waals surface area contributed by atoms with Gasteiger partial charge in [0.1, 0.15) is 0 Å². The summed E-state index contributed by atoms with van der Waals surface area (Å²) in [6.07, 6.45) is 4.60. The van der Waals surface area contributed by atoms with E-state index in [0.29, 0.717) is 12.1 Å². The summed E-state index contributed by atoms with van der Waals surface area (Å²) in [5.74, 6) is 0.211. The van der Waals surface area contributed by atoms with Crippen LogP contribution in [0.3, 0.4) is 0 Å². The summed E-state index contributed by atoms with van der Waals surface area (Å²) in [4.78, 5) is 14.4. The van der Waals surface area contributed by atoms with Crippen LogP contribution in [0.4, 0.5) is 0 Å². The number of carbonyl (C=O) groups is 1. The molecule has 2 rings (SSSR count). The van der Waals surface area contributed by atoms with Gasteiger partial charge in [-0.25, -0.2) is 0 Å². The van der Waals surface area contributed by atoms with Gasteiger partial charge in [-0.3, -0.25) is 4.79 Å². The van der Waals surface area contributed by atoms with Gasteiger partial charge in [0.05, 0.1) is 12.1 Å². The molecule has 2 atom stereocenters. The minimum atomic E-state index is 0.211. The van der Waals surface area contributed by atoms with Gasteiger partial charge in [-0.2, -0.15) is 0 Å². The predicted molar refractivity (Wildman–Crippen MR) is 70.0 cm³/mol. The van der Waals surface area contributed by atoms with Gasteiger partial charge in [-0.15, -0.1) is 0 Å². The molecular weight excluding hydrogens is 210 g/mol. The van der Waals surface area contributed by atoms with Crippen LogP contribution >= 0.6 is 0 Å². The van der Waals surface area contributed by atoms with Crippen molar-refractivity contribution >= 4 is 5.91 Å². The number of benzene rings is 1. The van der Waals surface area contributed by atoms with Crippen LogP contribution in [0.15, 0.2) is 30.3 Å². The summed E-state index contributed by atoms with van der Waals surface area (Å²) in [5.41, 5.74) is 0.826. The van der Waals surface area contributed by atoms with Gasteiger partial charge in [0.15, 0.2) is 0 Å². The normalized spacial score (nSPS) is 22.6. The Balaban J connectivity index is 2.05. The smallest absolute Gasteiger partial charge is 0.254 e. The van der Waals surface area contributed by atoms with Crippen LogP contribution < -0.4 is 0 Å². The Morgan fingerprint density at radius 2 is 1.59 bits per heavy atom. The molecule has 0 bridgehead atoms. The van der Waals surface area contributed by atoms with Crippen LogP contribution in [0.25, 0.3) is 0 Å². The van der Waals surface area contributed by atoms with Crippen molar-refractivity contribution in [3.05, 3.63) is 35.9 Å². The first-order chi connectivity index (χ1) is 8.29. The number of hydrogen-bond donors (Lipinski definition) is 0. The third kappa shape index (κ3) is 2.51. The molecule has 17 heavy (non-hydrogen) atoms. The maximum Gasteiger partial charge on any atom is 0.254 e. The summed E-state index contributed by atoms with van der Waals surface area (Å²) in [5, 5.41) is 0. The highest BCUT2D eigenvalue weighted by atomic mass is 16.2. The largest absolute Gasteiger partial charge is 0.329 e. The van der Waals surface area contributed by atoms with Crippen molar-refractivity contribution in [2.24, 2.45) is 0 Å². The summed E-state index contributed by atoms with van der Waals surface area (Å²) in [7, 11) is 0. The third-order valence-corrected chi connectivity index (χ3v) is 3.49. The van der Waals surface area contributed by atoms with Crippen LogP contribution in [0.1, 0.15) is 49.9 Å². The SMILES string of the molecule is CCC[C@@H]1[C@@H](CCC)N1C(=O)c1ccccc1. The zero-order chi connectivity index (χ0) is 12.3. The zero-order valence-electron chi connectivity index (χ0n) is 10.7. The first kappa shape index (κ1) is 12.2. The lowest BCUT2D eigenvalue weighted by atomic mass is 10.1. The van der Waals surface area contributed by atoms with E-state index in [0.717, 1.165) is 31.2 Å². The minimum Gasteiger partial charge on any atom is -0.329 e. The molecule has 0 saturated carbocycles. The molecule has 1 aromatic carbocycles. The lowest BCUT2D eigenvalue weighted by Gasteiger charge is -2.04. The number of amides is 1. The second-order valence-corrected chi connectivity index (χ2v) is 4.79. The molecule has 2 heteroatoms. The molecule has 0 aliphatic carbocycles. The highest BCUT2D eigenvalue weighted by molar-refractivity contribution is 5.96. The van der Waals surface area contributed by atoms with Crippen LogP contribution in [-0.2, 0) is 0 Å². The van der Waals surface area contributed by atoms with Crippen molar-refractivity contribution in [1.29, 1.82) is 0 Å². The van der Waals surface area contributed by atoms with Gasteiger partial charge >= 0.3 is 0 Å². The molecule has 0 unspecified atom stereocenters. The Bertz CT molecular complexity index is 362. The van der Waals surface area contributed by atoms with Crippen molar-refractivity contribution in [1.82, 2.24) is 4.90 Å². The summed E-state index contributed by atoms with van der Waals surface area (Å²) < 4.78 is 0. The highest BCUT2D eigenvalue weighted by Crippen LogP contribution is 2.36. The average Bonchev–Trinajstić information content (AvgIpc) is 3.03. The second-order valence-electron chi connectivity index (χ2n) is 4.79. The van der Waals surface area contributed by atoms with Crippen LogP contribution in [0.2, 0.25) is 0 Å². The molecule has 1 fully saturated rings. The second kappa shape index (κ2) is 5.35. The Morgan fingerprint density at radius 1 is 1.06 bits per heavy atom. The highest BCUT2D eigenvalue weighted by Gasteiger charge is 2.48. The van der Waals surface area contributed by atoms with Gasteiger partial charge in [0.2, 0.25) is 0 Å². The zero-order valence-corrected chi connectivity index (χ0v) is 10.7. The van der Waals surface area contributed by atoms with E-state index in [1.165, 1.54) is 0 Å². The molecule has 1 saturated heterocycles. The number of nitrogens with zero attached hydrogens (tertiary/aromatic N) is 1. The van der Waals surface area contributed by atoms with Crippen molar-refractivity contribution in [2.75, 3.05) is 0 Å². The van der Waals surface area contributed by atoms with Gasteiger partial charge in [-0.1, -0.05) is 44.9 Å².